The summed E-state index contributed by atoms with van der Waals surface area (Å²) < 4.78 is 5.58. The number of rotatable bonds is 4. The third kappa shape index (κ3) is 3.91. The number of carbonyl (C=O) groups excluding carboxylic acids is 2. The topological polar surface area (TPSA) is 123 Å². The number of benzene rings is 2. The molecule has 0 saturated heterocycles. The smallest absolute Gasteiger partial charge is 0.291 e. The molecular weight excluding hydrogens is 370 g/mol. The second-order valence-electron chi connectivity index (χ2n) is 6.42. The molecule has 2 heterocycles. The van der Waals surface area contributed by atoms with Crippen LogP contribution in [0.1, 0.15) is 26.5 Å². The summed E-state index contributed by atoms with van der Waals surface area (Å²) in [5.41, 5.74) is 8.13. The van der Waals surface area contributed by atoms with Crippen molar-refractivity contribution >= 4 is 40.1 Å². The van der Waals surface area contributed by atoms with Gasteiger partial charge in [-0.25, -0.2) is 9.97 Å². The van der Waals surface area contributed by atoms with Crippen LogP contribution in [0, 0.1) is 6.92 Å². The van der Waals surface area contributed by atoms with Gasteiger partial charge in [0.2, 0.25) is 5.95 Å². The summed E-state index contributed by atoms with van der Waals surface area (Å²) in [6.07, 6.45) is 2.84. The number of fused-ring (bicyclic) bond motifs is 1. The van der Waals surface area contributed by atoms with Gasteiger partial charge in [0.05, 0.1) is 18.1 Å². The van der Waals surface area contributed by atoms with Crippen molar-refractivity contribution in [2.45, 2.75) is 6.92 Å². The Balaban J connectivity index is 1.53. The molecule has 2 amide bonds. The predicted octanol–water partition coefficient (Wildman–Crippen LogP) is 3.62. The van der Waals surface area contributed by atoms with Gasteiger partial charge in [-0.05, 0) is 36.8 Å². The fourth-order valence-corrected chi connectivity index (χ4v) is 2.83. The van der Waals surface area contributed by atoms with Crippen molar-refractivity contribution in [3.05, 3.63) is 77.8 Å². The van der Waals surface area contributed by atoms with Gasteiger partial charge in [-0.3, -0.25) is 9.59 Å². The lowest BCUT2D eigenvalue weighted by molar-refractivity contribution is 0.0995. The summed E-state index contributed by atoms with van der Waals surface area (Å²) in [5, 5.41) is 6.30. The molecule has 0 aliphatic heterocycles. The zero-order valence-corrected chi connectivity index (χ0v) is 15.5. The molecular formula is C21H17N5O3. The molecule has 0 fully saturated rings. The molecule has 0 aliphatic rings. The lowest BCUT2D eigenvalue weighted by Crippen LogP contribution is -2.16. The van der Waals surface area contributed by atoms with E-state index in [0.29, 0.717) is 22.5 Å². The summed E-state index contributed by atoms with van der Waals surface area (Å²) in [4.78, 5) is 32.8. The number of hydrogen-bond donors (Lipinski definition) is 3. The summed E-state index contributed by atoms with van der Waals surface area (Å²) in [6.45, 7) is 1.80. The standard InChI is InChI=1S/C21H17N5O3/c1-12-6-7-14(9-16(12)19(27)26-15-10-23-21(22)24-11-15)25-20(28)18-8-13-4-2-3-5-17(13)29-18/h2-11H,1H3,(H,25,28)(H,26,27)(H2,22,23,24). The summed E-state index contributed by atoms with van der Waals surface area (Å²) >= 11 is 0. The van der Waals surface area contributed by atoms with Gasteiger partial charge < -0.3 is 20.8 Å². The van der Waals surface area contributed by atoms with Crippen LogP contribution >= 0.6 is 0 Å². The highest BCUT2D eigenvalue weighted by Crippen LogP contribution is 2.21. The molecule has 0 spiro atoms. The average molecular weight is 387 g/mol. The van der Waals surface area contributed by atoms with Gasteiger partial charge in [0, 0.05) is 16.6 Å². The quantitative estimate of drug-likeness (QED) is 0.491. The number of amides is 2. The van der Waals surface area contributed by atoms with Crippen LogP contribution in [-0.2, 0) is 0 Å². The number of anilines is 3. The molecule has 4 rings (SSSR count). The number of para-hydroxylation sites is 1. The van der Waals surface area contributed by atoms with Crippen LogP contribution < -0.4 is 16.4 Å². The zero-order valence-electron chi connectivity index (χ0n) is 15.5. The predicted molar refractivity (Wildman–Crippen MR) is 110 cm³/mol. The van der Waals surface area contributed by atoms with Crippen molar-refractivity contribution in [3.8, 4) is 0 Å². The Morgan fingerprint density at radius 2 is 1.66 bits per heavy atom. The number of aryl methyl sites for hydroxylation is 1. The van der Waals surface area contributed by atoms with Crippen molar-refractivity contribution < 1.29 is 14.0 Å². The van der Waals surface area contributed by atoms with Crippen LogP contribution in [0.15, 0.2) is 65.3 Å². The Bertz CT molecular complexity index is 1180. The molecule has 2 aromatic carbocycles. The molecule has 0 bridgehead atoms. The highest BCUT2D eigenvalue weighted by Gasteiger charge is 2.15. The molecule has 0 unspecified atom stereocenters. The zero-order chi connectivity index (χ0) is 20.4. The summed E-state index contributed by atoms with van der Waals surface area (Å²) in [6, 6.07) is 14.1. The molecule has 0 radical (unpaired) electrons. The number of furan rings is 1. The number of hydrogen-bond acceptors (Lipinski definition) is 6. The van der Waals surface area contributed by atoms with Crippen LogP contribution in [0.25, 0.3) is 11.0 Å². The van der Waals surface area contributed by atoms with Gasteiger partial charge in [-0.15, -0.1) is 0 Å². The number of carbonyl (C=O) groups is 2. The molecule has 0 atom stereocenters. The molecule has 144 valence electrons. The van der Waals surface area contributed by atoms with Crippen molar-refractivity contribution in [1.82, 2.24) is 9.97 Å². The van der Waals surface area contributed by atoms with Gasteiger partial charge in [0.15, 0.2) is 5.76 Å². The number of nitrogens with two attached hydrogens (primary N) is 1. The molecule has 0 saturated carbocycles. The van der Waals surface area contributed by atoms with E-state index in [9.17, 15) is 9.59 Å². The minimum absolute atomic E-state index is 0.120. The van der Waals surface area contributed by atoms with E-state index in [1.165, 1.54) is 12.4 Å². The first-order valence-corrected chi connectivity index (χ1v) is 8.79. The number of aromatic nitrogens is 2. The van der Waals surface area contributed by atoms with Crippen LogP contribution in [0.4, 0.5) is 17.3 Å². The Morgan fingerprint density at radius 1 is 0.931 bits per heavy atom. The van der Waals surface area contributed by atoms with E-state index in [4.69, 9.17) is 10.2 Å². The summed E-state index contributed by atoms with van der Waals surface area (Å²) in [5.74, 6) is -0.440. The number of nitrogens with zero attached hydrogens (tertiary/aromatic N) is 2. The van der Waals surface area contributed by atoms with Crippen molar-refractivity contribution in [1.29, 1.82) is 0 Å². The number of nitrogens with one attached hydrogen (secondary N) is 2. The largest absolute Gasteiger partial charge is 0.451 e. The maximum atomic E-state index is 12.6. The molecule has 29 heavy (non-hydrogen) atoms. The average Bonchev–Trinajstić information content (AvgIpc) is 3.15. The minimum atomic E-state index is -0.400. The Labute approximate surface area is 165 Å². The normalized spacial score (nSPS) is 10.7. The van der Waals surface area contributed by atoms with Gasteiger partial charge in [-0.1, -0.05) is 24.3 Å². The second-order valence-corrected chi connectivity index (χ2v) is 6.42. The molecule has 4 aromatic rings. The van der Waals surface area contributed by atoms with E-state index in [2.05, 4.69) is 20.6 Å². The number of nitrogen functional groups attached to an aromatic ring is 1. The SMILES string of the molecule is Cc1ccc(NC(=O)c2cc3ccccc3o2)cc1C(=O)Nc1cnc(N)nc1. The Hall–Kier alpha value is -4.20. The molecule has 0 aliphatic carbocycles. The third-order valence-corrected chi connectivity index (χ3v) is 4.32. The lowest BCUT2D eigenvalue weighted by atomic mass is 10.1. The van der Waals surface area contributed by atoms with E-state index in [1.54, 1.807) is 37.3 Å². The highest BCUT2D eigenvalue weighted by molar-refractivity contribution is 6.08. The monoisotopic (exact) mass is 387 g/mol. The summed E-state index contributed by atoms with van der Waals surface area (Å²) in [7, 11) is 0. The molecule has 2 aromatic heterocycles. The van der Waals surface area contributed by atoms with Crippen molar-refractivity contribution in [2.75, 3.05) is 16.4 Å². The van der Waals surface area contributed by atoms with Crippen molar-refractivity contribution in [2.24, 2.45) is 0 Å². The van der Waals surface area contributed by atoms with Crippen LogP contribution in [-0.4, -0.2) is 21.8 Å². The lowest BCUT2D eigenvalue weighted by Gasteiger charge is -2.10. The van der Waals surface area contributed by atoms with Crippen molar-refractivity contribution in [3.63, 3.8) is 0 Å². The first kappa shape index (κ1) is 18.2. The van der Waals surface area contributed by atoms with Gasteiger partial charge >= 0.3 is 0 Å². The fraction of sp³-hybridized carbons (Fsp3) is 0.0476. The maximum Gasteiger partial charge on any atom is 0.291 e. The second kappa shape index (κ2) is 7.43. The van der Waals surface area contributed by atoms with E-state index in [-0.39, 0.29) is 17.6 Å². The van der Waals surface area contributed by atoms with Gasteiger partial charge in [0.25, 0.3) is 11.8 Å². The van der Waals surface area contributed by atoms with Crippen LogP contribution in [0.5, 0.6) is 0 Å². The van der Waals surface area contributed by atoms with Gasteiger partial charge in [0.1, 0.15) is 5.58 Å². The molecule has 8 heteroatoms. The van der Waals surface area contributed by atoms with Crippen LogP contribution in [0.3, 0.4) is 0 Å². The van der Waals surface area contributed by atoms with E-state index < -0.39 is 5.91 Å². The maximum absolute atomic E-state index is 12.6. The molecule has 4 N–H and O–H groups in total. The minimum Gasteiger partial charge on any atom is -0.451 e. The highest BCUT2D eigenvalue weighted by atomic mass is 16.3. The van der Waals surface area contributed by atoms with Crippen LogP contribution in [0.2, 0.25) is 0 Å². The van der Waals surface area contributed by atoms with E-state index in [1.807, 2.05) is 18.2 Å². The first-order chi connectivity index (χ1) is 14.0. The van der Waals surface area contributed by atoms with E-state index in [0.717, 1.165) is 10.9 Å². The third-order valence-electron chi connectivity index (χ3n) is 4.32. The van der Waals surface area contributed by atoms with E-state index >= 15 is 0 Å². The Morgan fingerprint density at radius 3 is 2.41 bits per heavy atom. The van der Waals surface area contributed by atoms with Gasteiger partial charge in [-0.2, -0.15) is 0 Å². The molecule has 8 nitrogen and oxygen atoms in total. The first-order valence-electron chi connectivity index (χ1n) is 8.79. The Kier molecular flexibility index (Phi) is 4.66. The fourth-order valence-electron chi connectivity index (χ4n) is 2.83.